The number of benzene rings is 1. The number of hydrogen-bond donors (Lipinski definition) is 0. The molecule has 0 atom stereocenters. The Balaban J connectivity index is 3.07. The van der Waals surface area contributed by atoms with Crippen LogP contribution >= 0.6 is 11.8 Å². The molecule has 3 nitrogen and oxygen atoms in total. The molecule has 0 heterocycles. The summed E-state index contributed by atoms with van der Waals surface area (Å²) < 4.78 is 42.0. The Morgan fingerprint density at radius 1 is 1.40 bits per heavy atom. The van der Waals surface area contributed by atoms with Gasteiger partial charge in [0.15, 0.2) is 0 Å². The van der Waals surface area contributed by atoms with E-state index in [1.165, 1.54) is 12.1 Å². The number of nitriles is 1. The summed E-state index contributed by atoms with van der Waals surface area (Å²) in [6, 6.07) is 5.84. The molecule has 0 aliphatic heterocycles. The van der Waals surface area contributed by atoms with Crippen molar-refractivity contribution in [1.82, 2.24) is 0 Å². The zero-order valence-corrected chi connectivity index (χ0v) is 11.5. The molecular formula is C13H12F3NO2S. The van der Waals surface area contributed by atoms with Crippen LogP contribution in [0.5, 0.6) is 0 Å². The number of esters is 1. The fourth-order valence-corrected chi connectivity index (χ4v) is 2.19. The molecule has 0 aliphatic carbocycles. The highest BCUT2D eigenvalue weighted by Gasteiger charge is 2.29. The Hall–Kier alpha value is -1.68. The number of hydrogen-bond acceptors (Lipinski definition) is 4. The quantitative estimate of drug-likeness (QED) is 0.611. The number of halogens is 3. The summed E-state index contributed by atoms with van der Waals surface area (Å²) in [5, 5.41) is 8.52. The van der Waals surface area contributed by atoms with E-state index < -0.39 is 11.5 Å². The van der Waals surface area contributed by atoms with Crippen molar-refractivity contribution in [2.75, 3.05) is 6.61 Å². The molecule has 1 aromatic rings. The van der Waals surface area contributed by atoms with E-state index in [1.807, 2.05) is 6.07 Å². The maximum absolute atomic E-state index is 12.4. The molecule has 1 rings (SSSR count). The van der Waals surface area contributed by atoms with Gasteiger partial charge in [-0.05, 0) is 48.9 Å². The molecule has 0 saturated heterocycles. The molecule has 0 radical (unpaired) electrons. The van der Waals surface area contributed by atoms with E-state index in [9.17, 15) is 18.0 Å². The van der Waals surface area contributed by atoms with Crippen molar-refractivity contribution in [1.29, 1.82) is 5.26 Å². The van der Waals surface area contributed by atoms with Gasteiger partial charge >= 0.3 is 11.5 Å². The van der Waals surface area contributed by atoms with Crippen LogP contribution in [-0.4, -0.2) is 18.1 Å². The number of carbonyl (C=O) groups is 1. The van der Waals surface area contributed by atoms with Gasteiger partial charge in [0.25, 0.3) is 0 Å². The van der Waals surface area contributed by atoms with Crippen LogP contribution in [0, 0.1) is 11.3 Å². The summed E-state index contributed by atoms with van der Waals surface area (Å²) in [7, 11) is 0. The van der Waals surface area contributed by atoms with Crippen LogP contribution in [-0.2, 0) is 11.2 Å². The number of ether oxygens (including phenoxy) is 1. The summed E-state index contributed by atoms with van der Waals surface area (Å²) in [4.78, 5) is 11.5. The van der Waals surface area contributed by atoms with Crippen molar-refractivity contribution in [3.63, 3.8) is 0 Å². The second-order valence-corrected chi connectivity index (χ2v) is 4.93. The average Bonchev–Trinajstić information content (AvgIpc) is 2.34. The highest BCUT2D eigenvalue weighted by atomic mass is 32.2. The highest BCUT2D eigenvalue weighted by molar-refractivity contribution is 8.00. The monoisotopic (exact) mass is 303 g/mol. The number of aryl methyl sites for hydroxylation is 1. The minimum Gasteiger partial charge on any atom is -0.462 e. The van der Waals surface area contributed by atoms with E-state index in [4.69, 9.17) is 10.00 Å². The maximum Gasteiger partial charge on any atom is 0.446 e. The van der Waals surface area contributed by atoms with Gasteiger partial charge in [0.1, 0.15) is 0 Å². The molecule has 0 aliphatic rings. The third-order valence-electron chi connectivity index (χ3n) is 2.24. The van der Waals surface area contributed by atoms with Gasteiger partial charge in [0.2, 0.25) is 0 Å². The molecule has 0 spiro atoms. The third-order valence-corrected chi connectivity index (χ3v) is 2.94. The van der Waals surface area contributed by atoms with Crippen LogP contribution in [0.4, 0.5) is 13.2 Å². The van der Waals surface area contributed by atoms with E-state index in [1.54, 1.807) is 6.92 Å². The van der Waals surface area contributed by atoms with Gasteiger partial charge in [-0.25, -0.2) is 4.79 Å². The summed E-state index contributed by atoms with van der Waals surface area (Å²) in [5.74, 6) is -0.671. The number of nitrogens with zero attached hydrogens (tertiary/aromatic N) is 1. The van der Waals surface area contributed by atoms with Crippen LogP contribution in [0.3, 0.4) is 0 Å². The van der Waals surface area contributed by atoms with E-state index in [-0.39, 0.29) is 41.7 Å². The van der Waals surface area contributed by atoms with Gasteiger partial charge in [-0.15, -0.1) is 0 Å². The molecule has 1 aromatic carbocycles. The molecule has 0 N–H and O–H groups in total. The smallest absolute Gasteiger partial charge is 0.446 e. The standard InChI is InChI=1S/C13H12F3NO2S/c1-2-19-12(18)10-6-9(4-3-5-17)7-11(8-10)20-13(14,15)16/h6-8H,2-4H2,1H3. The molecular weight excluding hydrogens is 291 g/mol. The third kappa shape index (κ3) is 5.53. The van der Waals surface area contributed by atoms with E-state index in [2.05, 4.69) is 0 Å². The minimum atomic E-state index is -4.43. The van der Waals surface area contributed by atoms with Crippen LogP contribution in [0.25, 0.3) is 0 Å². The Bertz CT molecular complexity index is 523. The number of thioether (sulfide) groups is 1. The van der Waals surface area contributed by atoms with Gasteiger partial charge in [-0.3, -0.25) is 0 Å². The molecule has 0 bridgehead atoms. The lowest BCUT2D eigenvalue weighted by Gasteiger charge is -2.10. The van der Waals surface area contributed by atoms with Crippen molar-refractivity contribution in [2.24, 2.45) is 0 Å². The molecule has 0 unspecified atom stereocenters. The Morgan fingerprint density at radius 2 is 2.10 bits per heavy atom. The number of alkyl halides is 3. The molecule has 0 saturated carbocycles. The lowest BCUT2D eigenvalue weighted by molar-refractivity contribution is -0.0328. The first kappa shape index (κ1) is 16.4. The second-order valence-electron chi connectivity index (χ2n) is 3.79. The predicted molar refractivity (Wildman–Crippen MR) is 68.2 cm³/mol. The summed E-state index contributed by atoms with van der Waals surface area (Å²) in [6.07, 6.45) is 0.456. The van der Waals surface area contributed by atoms with Crippen molar-refractivity contribution >= 4 is 17.7 Å². The lowest BCUT2D eigenvalue weighted by atomic mass is 10.1. The summed E-state index contributed by atoms with van der Waals surface area (Å²) >= 11 is -0.293. The zero-order chi connectivity index (χ0) is 15.2. The van der Waals surface area contributed by atoms with Crippen molar-refractivity contribution < 1.29 is 22.7 Å². The average molecular weight is 303 g/mol. The second kappa shape index (κ2) is 7.20. The highest BCUT2D eigenvalue weighted by Crippen LogP contribution is 2.37. The molecule has 0 amide bonds. The first-order valence-corrected chi connectivity index (χ1v) is 6.61. The van der Waals surface area contributed by atoms with E-state index in [0.717, 1.165) is 6.07 Å². The van der Waals surface area contributed by atoms with Crippen LogP contribution < -0.4 is 0 Å². The van der Waals surface area contributed by atoms with Gasteiger partial charge in [-0.1, -0.05) is 0 Å². The first-order chi connectivity index (χ1) is 9.35. The number of carbonyl (C=O) groups excluding carboxylic acids is 1. The molecule has 0 aromatic heterocycles. The maximum atomic E-state index is 12.4. The predicted octanol–water partition coefficient (Wildman–Crippen LogP) is 3.93. The molecule has 20 heavy (non-hydrogen) atoms. The molecule has 7 heteroatoms. The fourth-order valence-electron chi connectivity index (χ4n) is 1.53. The Labute approximate surface area is 118 Å². The normalized spacial score (nSPS) is 10.9. The molecule has 0 fully saturated rings. The summed E-state index contributed by atoms with van der Waals surface area (Å²) in [6.45, 7) is 1.76. The van der Waals surface area contributed by atoms with Gasteiger partial charge < -0.3 is 4.74 Å². The topological polar surface area (TPSA) is 50.1 Å². The SMILES string of the molecule is CCOC(=O)c1cc(CCC#N)cc(SC(F)(F)F)c1. The van der Waals surface area contributed by atoms with Gasteiger partial charge in [-0.2, -0.15) is 18.4 Å². The van der Waals surface area contributed by atoms with Crippen molar-refractivity contribution in [3.05, 3.63) is 29.3 Å². The summed E-state index contributed by atoms with van der Waals surface area (Å²) in [5.41, 5.74) is -3.86. The van der Waals surface area contributed by atoms with Crippen LogP contribution in [0.15, 0.2) is 23.1 Å². The molecule has 108 valence electrons. The first-order valence-electron chi connectivity index (χ1n) is 5.79. The van der Waals surface area contributed by atoms with Gasteiger partial charge in [0, 0.05) is 11.3 Å². The largest absolute Gasteiger partial charge is 0.462 e. The fraction of sp³-hybridized carbons (Fsp3) is 0.385. The lowest BCUT2D eigenvalue weighted by Crippen LogP contribution is -2.06. The zero-order valence-electron chi connectivity index (χ0n) is 10.7. The van der Waals surface area contributed by atoms with Crippen LogP contribution in [0.2, 0.25) is 0 Å². The minimum absolute atomic E-state index is 0.0639. The van der Waals surface area contributed by atoms with E-state index >= 15 is 0 Å². The van der Waals surface area contributed by atoms with E-state index in [0.29, 0.717) is 5.56 Å². The Kier molecular flexibility index (Phi) is 5.89. The van der Waals surface area contributed by atoms with Crippen molar-refractivity contribution in [2.45, 2.75) is 30.2 Å². The Morgan fingerprint density at radius 3 is 2.65 bits per heavy atom. The van der Waals surface area contributed by atoms with Crippen LogP contribution in [0.1, 0.15) is 29.3 Å². The van der Waals surface area contributed by atoms with Gasteiger partial charge in [0.05, 0.1) is 18.2 Å². The van der Waals surface area contributed by atoms with Crippen molar-refractivity contribution in [3.8, 4) is 6.07 Å². The number of rotatable bonds is 5.